The molecule has 3 heterocycles. The number of rotatable bonds is 4. The molecule has 1 aliphatic heterocycles. The Morgan fingerprint density at radius 1 is 1.29 bits per heavy atom. The average molecular weight is 448 g/mol. The maximum absolute atomic E-state index is 14.1. The molecule has 1 fully saturated rings. The molecule has 31 heavy (non-hydrogen) atoms. The normalized spacial score (nSPS) is 16.9. The van der Waals surface area contributed by atoms with Crippen molar-refractivity contribution in [3.05, 3.63) is 41.7 Å². The van der Waals surface area contributed by atoms with Gasteiger partial charge in [-0.15, -0.1) is 0 Å². The molecule has 4 N–H and O–H groups in total. The van der Waals surface area contributed by atoms with Crippen molar-refractivity contribution in [3.8, 4) is 10.6 Å². The molecule has 8 nitrogen and oxygen atoms in total. The van der Waals surface area contributed by atoms with Crippen molar-refractivity contribution in [1.82, 2.24) is 14.8 Å². The number of aromatic nitrogens is 3. The van der Waals surface area contributed by atoms with E-state index in [1.165, 1.54) is 12.3 Å². The second-order valence-corrected chi connectivity index (χ2v) is 8.39. The summed E-state index contributed by atoms with van der Waals surface area (Å²) in [5.41, 5.74) is 5.99. The van der Waals surface area contributed by atoms with Gasteiger partial charge in [0.1, 0.15) is 27.3 Å². The number of anilines is 3. The number of carbonyl (C=O) groups is 1. The van der Waals surface area contributed by atoms with Gasteiger partial charge in [0.2, 0.25) is 0 Å². The second kappa shape index (κ2) is 8.60. The predicted octanol–water partition coefficient (Wildman–Crippen LogP) is 3.01. The molecule has 11 heteroatoms. The van der Waals surface area contributed by atoms with Crippen LogP contribution < -0.4 is 16.0 Å². The first-order chi connectivity index (χ1) is 14.8. The Kier molecular flexibility index (Phi) is 5.88. The summed E-state index contributed by atoms with van der Waals surface area (Å²) in [4.78, 5) is 19.0. The number of thiazole rings is 1. The number of carbonyl (C=O) groups excluding carboxylic acids is 1. The molecule has 0 saturated carbocycles. The highest BCUT2D eigenvalue weighted by molar-refractivity contribution is 7.19. The van der Waals surface area contributed by atoms with Crippen LogP contribution in [0, 0.1) is 11.6 Å². The number of aliphatic hydroxyl groups is 1. The van der Waals surface area contributed by atoms with E-state index in [9.17, 15) is 18.7 Å². The van der Waals surface area contributed by atoms with Crippen molar-refractivity contribution in [2.45, 2.75) is 25.4 Å². The summed E-state index contributed by atoms with van der Waals surface area (Å²) in [7, 11) is 1.77. The van der Waals surface area contributed by atoms with Gasteiger partial charge in [-0.05, 0) is 31.4 Å². The highest BCUT2D eigenvalue weighted by Crippen LogP contribution is 2.34. The maximum Gasteiger partial charge on any atom is 0.277 e. The van der Waals surface area contributed by atoms with Gasteiger partial charge in [0.05, 0.1) is 17.9 Å². The Labute approximate surface area is 181 Å². The van der Waals surface area contributed by atoms with E-state index in [0.717, 1.165) is 42.9 Å². The molecule has 1 aromatic carbocycles. The molecule has 1 unspecified atom stereocenters. The topological polar surface area (TPSA) is 109 Å². The lowest BCUT2D eigenvalue weighted by molar-refractivity contribution is 0.102. The van der Waals surface area contributed by atoms with Crippen LogP contribution in [-0.4, -0.2) is 45.0 Å². The fourth-order valence-electron chi connectivity index (χ4n) is 3.67. The van der Waals surface area contributed by atoms with Gasteiger partial charge in [-0.1, -0.05) is 17.4 Å². The molecule has 1 saturated heterocycles. The number of benzene rings is 1. The minimum Gasteiger partial charge on any atom is -0.393 e. The molecule has 3 aromatic rings. The third kappa shape index (κ3) is 4.23. The predicted molar refractivity (Wildman–Crippen MR) is 115 cm³/mol. The third-order valence-electron chi connectivity index (χ3n) is 5.20. The number of hydrogen-bond acceptors (Lipinski definition) is 7. The van der Waals surface area contributed by atoms with E-state index in [1.54, 1.807) is 11.7 Å². The van der Waals surface area contributed by atoms with E-state index in [4.69, 9.17) is 5.73 Å². The Hall–Kier alpha value is -3.05. The van der Waals surface area contributed by atoms with Crippen LogP contribution in [0.25, 0.3) is 10.6 Å². The van der Waals surface area contributed by atoms with Crippen LogP contribution in [0.1, 0.15) is 29.8 Å². The zero-order valence-electron chi connectivity index (χ0n) is 16.8. The minimum atomic E-state index is -0.779. The zero-order valence-corrected chi connectivity index (χ0v) is 17.6. The van der Waals surface area contributed by atoms with E-state index in [0.29, 0.717) is 24.5 Å². The van der Waals surface area contributed by atoms with Crippen LogP contribution >= 0.6 is 11.3 Å². The first-order valence-electron chi connectivity index (χ1n) is 9.82. The maximum atomic E-state index is 14.1. The third-order valence-corrected chi connectivity index (χ3v) is 6.10. The summed E-state index contributed by atoms with van der Waals surface area (Å²) in [6, 6.07) is 3.50. The molecular weight excluding hydrogens is 426 g/mol. The van der Waals surface area contributed by atoms with Crippen LogP contribution in [0.15, 0.2) is 24.4 Å². The molecule has 0 spiro atoms. The quantitative estimate of drug-likeness (QED) is 0.566. The smallest absolute Gasteiger partial charge is 0.277 e. The van der Waals surface area contributed by atoms with Crippen LogP contribution in [0.3, 0.4) is 0 Å². The number of nitrogen functional groups attached to an aromatic ring is 1. The van der Waals surface area contributed by atoms with Crippen molar-refractivity contribution in [2.75, 3.05) is 29.0 Å². The summed E-state index contributed by atoms with van der Waals surface area (Å²) in [5.74, 6) is -1.45. The van der Waals surface area contributed by atoms with Gasteiger partial charge in [0.15, 0.2) is 11.5 Å². The van der Waals surface area contributed by atoms with Crippen molar-refractivity contribution in [1.29, 1.82) is 0 Å². The monoisotopic (exact) mass is 448 g/mol. The van der Waals surface area contributed by atoms with E-state index >= 15 is 0 Å². The lowest BCUT2D eigenvalue weighted by Gasteiger charge is -2.24. The standard InChI is InChI=1S/C20H22F2N6O2S/c1-27-20(28-8-3-4-11(29)7-9-28)14(10-24-27)25-18(30)16-17(23)31-19(26-16)15-12(21)5-2-6-13(15)22/h2,5-6,10-11,29H,3-4,7-9,23H2,1H3,(H,25,30). The molecular formula is C20H22F2N6O2S. The molecule has 0 radical (unpaired) electrons. The van der Waals surface area contributed by atoms with Crippen LogP contribution in [-0.2, 0) is 7.05 Å². The summed E-state index contributed by atoms with van der Waals surface area (Å²) in [6.07, 6.45) is 3.34. The first-order valence-corrected chi connectivity index (χ1v) is 10.6. The number of aliphatic hydroxyl groups excluding tert-OH is 1. The fourth-order valence-corrected chi connectivity index (χ4v) is 4.55. The fraction of sp³-hybridized carbons (Fsp3) is 0.350. The molecule has 0 bridgehead atoms. The van der Waals surface area contributed by atoms with Crippen molar-refractivity contribution >= 4 is 33.8 Å². The lowest BCUT2D eigenvalue weighted by atomic mass is 10.2. The first kappa shape index (κ1) is 21.2. The Morgan fingerprint density at radius 3 is 2.77 bits per heavy atom. The van der Waals surface area contributed by atoms with E-state index in [-0.39, 0.29) is 27.4 Å². The summed E-state index contributed by atoms with van der Waals surface area (Å²) in [5, 5.41) is 17.0. The largest absolute Gasteiger partial charge is 0.393 e. The molecule has 1 amide bonds. The van der Waals surface area contributed by atoms with Gasteiger partial charge in [-0.3, -0.25) is 9.48 Å². The number of halogens is 2. The highest BCUT2D eigenvalue weighted by Gasteiger charge is 2.25. The van der Waals surface area contributed by atoms with Gasteiger partial charge in [0.25, 0.3) is 5.91 Å². The number of hydrogen-bond donors (Lipinski definition) is 3. The second-order valence-electron chi connectivity index (χ2n) is 7.36. The Balaban J connectivity index is 1.60. The summed E-state index contributed by atoms with van der Waals surface area (Å²) in [6.45, 7) is 1.34. The van der Waals surface area contributed by atoms with Gasteiger partial charge >= 0.3 is 0 Å². The summed E-state index contributed by atoms with van der Waals surface area (Å²) >= 11 is 0.842. The number of amides is 1. The van der Waals surface area contributed by atoms with Gasteiger partial charge in [-0.25, -0.2) is 13.8 Å². The number of aryl methyl sites for hydroxylation is 1. The summed E-state index contributed by atoms with van der Waals surface area (Å²) < 4.78 is 29.8. The minimum absolute atomic E-state index is 0.00818. The SMILES string of the molecule is Cn1ncc(NC(=O)c2nc(-c3c(F)cccc3F)sc2N)c1N1CCCC(O)CC1. The van der Waals surface area contributed by atoms with Crippen LogP contribution in [0.5, 0.6) is 0 Å². The lowest BCUT2D eigenvalue weighted by Crippen LogP contribution is -2.28. The Bertz CT molecular complexity index is 1100. The van der Waals surface area contributed by atoms with E-state index in [2.05, 4.69) is 20.3 Å². The van der Waals surface area contributed by atoms with E-state index in [1.807, 2.05) is 0 Å². The van der Waals surface area contributed by atoms with Crippen molar-refractivity contribution in [2.24, 2.45) is 7.05 Å². The van der Waals surface area contributed by atoms with Crippen LogP contribution in [0.4, 0.5) is 25.3 Å². The van der Waals surface area contributed by atoms with Crippen LogP contribution in [0.2, 0.25) is 0 Å². The number of nitrogens with two attached hydrogens (primary N) is 1. The Morgan fingerprint density at radius 2 is 2.03 bits per heavy atom. The molecule has 164 valence electrons. The van der Waals surface area contributed by atoms with Gasteiger partial charge in [-0.2, -0.15) is 5.10 Å². The molecule has 1 aliphatic rings. The van der Waals surface area contributed by atoms with E-state index < -0.39 is 17.5 Å². The molecule has 2 aromatic heterocycles. The van der Waals surface area contributed by atoms with Crippen molar-refractivity contribution in [3.63, 3.8) is 0 Å². The van der Waals surface area contributed by atoms with Gasteiger partial charge < -0.3 is 21.1 Å². The average Bonchev–Trinajstić information content (AvgIpc) is 3.19. The number of nitrogens with zero attached hydrogens (tertiary/aromatic N) is 4. The van der Waals surface area contributed by atoms with Crippen molar-refractivity contribution < 1.29 is 18.7 Å². The molecule has 4 rings (SSSR count). The zero-order chi connectivity index (χ0) is 22.1. The molecule has 0 aliphatic carbocycles. The molecule has 1 atom stereocenters. The highest BCUT2D eigenvalue weighted by atomic mass is 32.1. The van der Waals surface area contributed by atoms with Gasteiger partial charge in [0, 0.05) is 20.1 Å². The number of nitrogens with one attached hydrogen (secondary N) is 1.